The summed E-state index contributed by atoms with van der Waals surface area (Å²) < 4.78 is 6.84. The first-order chi connectivity index (χ1) is 15.9. The molecule has 0 saturated heterocycles. The topological polar surface area (TPSA) is 93.1 Å². The molecular weight excluding hydrogens is 442 g/mol. The van der Waals surface area contributed by atoms with E-state index in [1.165, 1.54) is 11.7 Å². The van der Waals surface area contributed by atoms with Crippen LogP contribution in [-0.2, 0) is 7.05 Å². The summed E-state index contributed by atoms with van der Waals surface area (Å²) in [5, 5.41) is 0.596. The number of halogens is 1. The molecule has 4 heterocycles. The molecule has 1 N–H and O–H groups in total. The highest BCUT2D eigenvalue weighted by molar-refractivity contribution is 6.30. The molecule has 0 spiro atoms. The molecule has 0 fully saturated rings. The molecule has 0 radical (unpaired) electrons. The number of imidazole rings is 1. The van der Waals surface area contributed by atoms with Gasteiger partial charge in [-0.3, -0.25) is 14.5 Å². The number of rotatable bonds is 4. The van der Waals surface area contributed by atoms with Crippen molar-refractivity contribution in [2.24, 2.45) is 7.05 Å². The largest absolute Gasteiger partial charge is 0.480 e. The second-order valence-corrected chi connectivity index (χ2v) is 8.27. The summed E-state index contributed by atoms with van der Waals surface area (Å²) in [5.41, 5.74) is 3.49. The summed E-state index contributed by atoms with van der Waals surface area (Å²) in [5.74, 6) is 0.632. The fraction of sp³-hybridized carbons (Fsp3) is 0.167. The predicted octanol–water partition coefficient (Wildman–Crippen LogP) is 3.89. The van der Waals surface area contributed by atoms with Crippen molar-refractivity contribution in [2.45, 2.75) is 13.0 Å². The van der Waals surface area contributed by atoms with E-state index >= 15 is 0 Å². The number of anilines is 1. The van der Waals surface area contributed by atoms with Gasteiger partial charge < -0.3 is 14.3 Å². The third-order valence-electron chi connectivity index (χ3n) is 5.72. The van der Waals surface area contributed by atoms with Gasteiger partial charge >= 0.3 is 0 Å². The molecule has 1 aliphatic rings. The van der Waals surface area contributed by atoms with Gasteiger partial charge in [0.1, 0.15) is 11.9 Å². The molecule has 1 aliphatic heterocycles. The van der Waals surface area contributed by atoms with Gasteiger partial charge in [0.05, 0.1) is 24.1 Å². The molecule has 33 heavy (non-hydrogen) atoms. The summed E-state index contributed by atoms with van der Waals surface area (Å²) in [4.78, 5) is 39.7. The lowest BCUT2D eigenvalue weighted by atomic mass is 10.0. The van der Waals surface area contributed by atoms with Crippen molar-refractivity contribution in [1.29, 1.82) is 0 Å². The van der Waals surface area contributed by atoms with Gasteiger partial charge in [0.15, 0.2) is 5.69 Å². The molecule has 4 aromatic rings. The highest BCUT2D eigenvalue weighted by Gasteiger charge is 2.42. The zero-order valence-electron chi connectivity index (χ0n) is 18.2. The van der Waals surface area contributed by atoms with Gasteiger partial charge in [0, 0.05) is 30.0 Å². The maximum Gasteiger partial charge on any atom is 0.279 e. The Labute approximate surface area is 194 Å². The number of aromatic nitrogens is 4. The number of aryl methyl sites for hydroxylation is 2. The Morgan fingerprint density at radius 1 is 1.15 bits per heavy atom. The average molecular weight is 462 g/mol. The van der Waals surface area contributed by atoms with Crippen LogP contribution in [0.4, 0.5) is 5.69 Å². The minimum Gasteiger partial charge on any atom is -0.480 e. The lowest BCUT2D eigenvalue weighted by Crippen LogP contribution is -2.31. The van der Waals surface area contributed by atoms with Gasteiger partial charge in [-0.25, -0.2) is 9.97 Å². The summed E-state index contributed by atoms with van der Waals surface area (Å²) in [7, 11) is 3.20. The van der Waals surface area contributed by atoms with E-state index in [9.17, 15) is 9.59 Å². The third-order valence-corrected chi connectivity index (χ3v) is 5.97. The number of benzene rings is 1. The first-order valence-corrected chi connectivity index (χ1v) is 10.6. The van der Waals surface area contributed by atoms with Crippen LogP contribution in [0.25, 0.3) is 11.4 Å². The summed E-state index contributed by atoms with van der Waals surface area (Å²) >= 11 is 6.12. The monoisotopic (exact) mass is 461 g/mol. The number of ether oxygens (including phenoxy) is 1. The van der Waals surface area contributed by atoms with Gasteiger partial charge in [-0.15, -0.1) is 0 Å². The molecular formula is C24H20ClN5O3. The molecule has 0 bridgehead atoms. The SMILES string of the molecule is COc1ncccc1-c1nc2c([nH]1)[C@H](c1ccc(Cl)cc1)N(c1cc(C)c(=O)n(C)c1)C2=O. The fourth-order valence-corrected chi connectivity index (χ4v) is 4.31. The Hall–Kier alpha value is -3.91. The molecule has 3 aromatic heterocycles. The zero-order chi connectivity index (χ0) is 23.3. The summed E-state index contributed by atoms with van der Waals surface area (Å²) in [6, 6.07) is 12.2. The highest BCUT2D eigenvalue weighted by Crippen LogP contribution is 2.42. The van der Waals surface area contributed by atoms with E-state index in [4.69, 9.17) is 16.3 Å². The molecule has 0 aliphatic carbocycles. The van der Waals surface area contributed by atoms with E-state index in [1.54, 1.807) is 55.5 Å². The standard InChI is InChI=1S/C24H20ClN5O3/c1-13-11-16(12-29(2)23(13)31)30-20(14-6-8-15(25)9-7-14)18-19(24(30)32)28-21(27-18)17-5-4-10-26-22(17)33-3/h4-12,20H,1-3H3,(H,27,28)/t20-/m0/s1. The number of nitrogens with zero attached hydrogens (tertiary/aromatic N) is 4. The van der Waals surface area contributed by atoms with Crippen molar-refractivity contribution in [3.63, 3.8) is 0 Å². The van der Waals surface area contributed by atoms with Crippen molar-refractivity contribution in [3.05, 3.63) is 92.7 Å². The van der Waals surface area contributed by atoms with Crippen molar-refractivity contribution in [1.82, 2.24) is 19.5 Å². The van der Waals surface area contributed by atoms with Crippen LogP contribution in [-0.4, -0.2) is 32.5 Å². The van der Waals surface area contributed by atoms with E-state index < -0.39 is 6.04 Å². The number of pyridine rings is 2. The molecule has 8 nitrogen and oxygen atoms in total. The fourth-order valence-electron chi connectivity index (χ4n) is 4.18. The smallest absolute Gasteiger partial charge is 0.279 e. The average Bonchev–Trinajstić information content (AvgIpc) is 3.36. The molecule has 0 saturated carbocycles. The molecule has 1 aromatic carbocycles. The van der Waals surface area contributed by atoms with Gasteiger partial charge in [0.2, 0.25) is 5.88 Å². The number of fused-ring (bicyclic) bond motifs is 1. The number of amides is 1. The van der Waals surface area contributed by atoms with Gasteiger partial charge in [0.25, 0.3) is 11.5 Å². The maximum absolute atomic E-state index is 13.6. The molecule has 1 atom stereocenters. The first-order valence-electron chi connectivity index (χ1n) is 10.2. The van der Waals surface area contributed by atoms with Crippen molar-refractivity contribution >= 4 is 23.2 Å². The molecule has 166 valence electrons. The minimum atomic E-state index is -0.481. The highest BCUT2D eigenvalue weighted by atomic mass is 35.5. The van der Waals surface area contributed by atoms with Crippen LogP contribution in [0, 0.1) is 6.92 Å². The number of carbonyl (C=O) groups is 1. The van der Waals surface area contributed by atoms with Crippen LogP contribution in [0.2, 0.25) is 5.02 Å². The van der Waals surface area contributed by atoms with Crippen LogP contribution in [0.1, 0.15) is 33.4 Å². The van der Waals surface area contributed by atoms with Crippen molar-refractivity contribution in [2.75, 3.05) is 12.0 Å². The van der Waals surface area contributed by atoms with Crippen LogP contribution in [0.3, 0.4) is 0 Å². The first kappa shape index (κ1) is 21.0. The van der Waals surface area contributed by atoms with E-state index in [-0.39, 0.29) is 11.5 Å². The molecule has 5 rings (SSSR count). The van der Waals surface area contributed by atoms with Crippen LogP contribution in [0.5, 0.6) is 5.88 Å². The van der Waals surface area contributed by atoms with Crippen LogP contribution >= 0.6 is 11.6 Å². The van der Waals surface area contributed by atoms with Gasteiger partial charge in [-0.2, -0.15) is 0 Å². The lowest BCUT2D eigenvalue weighted by Gasteiger charge is -2.26. The predicted molar refractivity (Wildman–Crippen MR) is 125 cm³/mol. The van der Waals surface area contributed by atoms with Crippen molar-refractivity contribution < 1.29 is 9.53 Å². The van der Waals surface area contributed by atoms with E-state index in [2.05, 4.69) is 15.0 Å². The van der Waals surface area contributed by atoms with E-state index in [0.29, 0.717) is 44.9 Å². The van der Waals surface area contributed by atoms with Crippen LogP contribution in [0.15, 0.2) is 59.7 Å². The van der Waals surface area contributed by atoms with Gasteiger partial charge in [-0.05, 0) is 42.8 Å². The number of methoxy groups -OCH3 is 1. The normalized spacial score (nSPS) is 15.1. The van der Waals surface area contributed by atoms with E-state index in [0.717, 1.165) is 5.56 Å². The molecule has 9 heteroatoms. The molecule has 1 amide bonds. The Morgan fingerprint density at radius 3 is 2.61 bits per heavy atom. The summed E-state index contributed by atoms with van der Waals surface area (Å²) in [6.07, 6.45) is 3.29. The van der Waals surface area contributed by atoms with E-state index in [1.807, 2.05) is 18.2 Å². The minimum absolute atomic E-state index is 0.115. The number of carbonyl (C=O) groups excluding carboxylic acids is 1. The lowest BCUT2D eigenvalue weighted by molar-refractivity contribution is 0.0989. The second kappa shape index (κ2) is 7.90. The van der Waals surface area contributed by atoms with Crippen LogP contribution < -0.4 is 15.2 Å². The number of aromatic amines is 1. The Kier molecular flexibility index (Phi) is 5.02. The quantitative estimate of drug-likeness (QED) is 0.497. The summed E-state index contributed by atoms with van der Waals surface area (Å²) in [6.45, 7) is 1.73. The maximum atomic E-state index is 13.6. The Morgan fingerprint density at radius 2 is 1.91 bits per heavy atom. The zero-order valence-corrected chi connectivity index (χ0v) is 18.9. The van der Waals surface area contributed by atoms with Crippen molar-refractivity contribution in [3.8, 4) is 17.3 Å². The molecule has 0 unspecified atom stereocenters. The third kappa shape index (κ3) is 3.39. The van der Waals surface area contributed by atoms with Gasteiger partial charge in [-0.1, -0.05) is 23.7 Å². The Balaban J connectivity index is 1.69. The Bertz CT molecular complexity index is 1420. The number of hydrogen-bond donors (Lipinski definition) is 1. The number of H-pyrrole nitrogens is 1. The second-order valence-electron chi connectivity index (χ2n) is 7.83. The number of nitrogens with one attached hydrogen (secondary N) is 1. The number of hydrogen-bond acceptors (Lipinski definition) is 5.